The minimum absolute atomic E-state index is 0.192. The molecule has 0 aromatic heterocycles. The normalized spacial score (nSPS) is 18.5. The Balaban J connectivity index is 1.55. The predicted molar refractivity (Wildman–Crippen MR) is 135 cm³/mol. The van der Waals surface area contributed by atoms with E-state index in [-0.39, 0.29) is 17.1 Å². The minimum atomic E-state index is -2.21. The van der Waals surface area contributed by atoms with E-state index in [1.807, 2.05) is 43.3 Å². The van der Waals surface area contributed by atoms with Crippen LogP contribution in [0.4, 0.5) is 27.6 Å². The van der Waals surface area contributed by atoms with Gasteiger partial charge in [-0.15, -0.1) is 0 Å². The molecule has 3 atom stereocenters. The van der Waals surface area contributed by atoms with E-state index in [2.05, 4.69) is 34.9 Å². The molecule has 35 heavy (non-hydrogen) atoms. The summed E-state index contributed by atoms with van der Waals surface area (Å²) in [5.41, 5.74) is -0.834. The summed E-state index contributed by atoms with van der Waals surface area (Å²) in [4.78, 5) is 0. The first kappa shape index (κ1) is 25.5. The van der Waals surface area contributed by atoms with E-state index >= 15 is 0 Å². The maximum atomic E-state index is 14.1. The Kier molecular flexibility index (Phi) is 8.02. The van der Waals surface area contributed by atoms with Gasteiger partial charge >= 0.3 is 0 Å². The quantitative estimate of drug-likeness (QED) is 0.130. The van der Waals surface area contributed by atoms with Gasteiger partial charge in [0.05, 0.1) is 0 Å². The highest BCUT2D eigenvalue weighted by Crippen LogP contribution is 2.51. The summed E-state index contributed by atoms with van der Waals surface area (Å²) in [6.07, 6.45) is 2.98. The number of benzene rings is 3. The van der Waals surface area contributed by atoms with Crippen LogP contribution in [0.1, 0.15) is 26.2 Å². The third-order valence-electron chi connectivity index (χ3n) is 6.38. The molecule has 0 heterocycles. The maximum absolute atomic E-state index is 14.1. The van der Waals surface area contributed by atoms with E-state index in [0.717, 1.165) is 19.3 Å². The zero-order valence-corrected chi connectivity index (χ0v) is 20.6. The molecule has 1 saturated carbocycles. The van der Waals surface area contributed by atoms with Crippen LogP contribution in [0.3, 0.4) is 0 Å². The fraction of sp³-hybridized carbons (Fsp3) is 0.269. The molecule has 2 N–H and O–H groups in total. The first-order valence-corrected chi connectivity index (χ1v) is 13.1. The van der Waals surface area contributed by atoms with Crippen LogP contribution in [-0.2, 0) is 0 Å². The number of anilines is 1. The van der Waals surface area contributed by atoms with Crippen molar-refractivity contribution in [2.45, 2.75) is 37.9 Å². The van der Waals surface area contributed by atoms with Crippen molar-refractivity contribution in [2.24, 2.45) is 5.92 Å². The van der Waals surface area contributed by atoms with E-state index < -0.39 is 42.7 Å². The van der Waals surface area contributed by atoms with Gasteiger partial charge in [-0.3, -0.25) is 0 Å². The monoisotopic (exact) mass is 522 g/mol. The molecule has 2 unspecified atom stereocenters. The molecule has 9 heteroatoms. The van der Waals surface area contributed by atoms with Crippen molar-refractivity contribution in [3.05, 3.63) is 89.7 Å². The second kappa shape index (κ2) is 11.0. The average Bonchev–Trinajstić information content (AvgIpc) is 3.35. The van der Waals surface area contributed by atoms with E-state index in [0.29, 0.717) is 5.66 Å². The minimum Gasteiger partial charge on any atom is -0.360 e. The zero-order chi connectivity index (χ0) is 25.1. The Hall–Kier alpha value is -2.57. The van der Waals surface area contributed by atoms with E-state index in [4.69, 9.17) is 12.2 Å². The van der Waals surface area contributed by atoms with E-state index in [1.54, 1.807) is 0 Å². The van der Waals surface area contributed by atoms with Crippen molar-refractivity contribution in [2.75, 3.05) is 5.32 Å². The number of hydrogen-bond donors (Lipinski definition) is 2. The Bertz CT molecular complexity index is 1130. The molecule has 0 saturated heterocycles. The van der Waals surface area contributed by atoms with Gasteiger partial charge < -0.3 is 10.6 Å². The number of rotatable bonds is 6. The molecule has 1 aliphatic rings. The molecule has 0 radical (unpaired) electrons. The number of hydrogen-bond acceptors (Lipinski definition) is 1. The van der Waals surface area contributed by atoms with Crippen LogP contribution in [-0.4, -0.2) is 16.8 Å². The number of halogens is 5. The zero-order valence-electron chi connectivity index (χ0n) is 18.9. The molecule has 3 aromatic rings. The largest absolute Gasteiger partial charge is 0.360 e. The third-order valence-corrected chi connectivity index (χ3v) is 9.61. The molecule has 4 rings (SSSR count). The van der Waals surface area contributed by atoms with E-state index in [1.165, 1.54) is 10.6 Å². The smallest absolute Gasteiger partial charge is 0.200 e. The van der Waals surface area contributed by atoms with Crippen molar-refractivity contribution < 1.29 is 22.0 Å². The summed E-state index contributed by atoms with van der Waals surface area (Å²) in [5.74, 6) is -9.95. The lowest BCUT2D eigenvalue weighted by Crippen LogP contribution is -2.43. The summed E-state index contributed by atoms with van der Waals surface area (Å²) in [5, 5.41) is 7.53. The maximum Gasteiger partial charge on any atom is 0.200 e. The van der Waals surface area contributed by atoms with Crippen LogP contribution in [0.15, 0.2) is 60.7 Å². The SMILES string of the molecule is C[C@@H](NC(=S)Nc1c(F)c(F)c(F)c(F)c1F)C1CCCC1P(c1ccccc1)c1ccccc1. The summed E-state index contributed by atoms with van der Waals surface area (Å²) < 4.78 is 68.6. The first-order valence-electron chi connectivity index (χ1n) is 11.3. The van der Waals surface area contributed by atoms with Crippen LogP contribution >= 0.6 is 20.1 Å². The van der Waals surface area contributed by atoms with Crippen LogP contribution in [0.25, 0.3) is 0 Å². The van der Waals surface area contributed by atoms with Gasteiger partial charge in [0.25, 0.3) is 0 Å². The van der Waals surface area contributed by atoms with Gasteiger partial charge in [0, 0.05) is 6.04 Å². The Morgan fingerprint density at radius 2 is 1.29 bits per heavy atom. The van der Waals surface area contributed by atoms with Crippen LogP contribution in [0.2, 0.25) is 0 Å². The summed E-state index contributed by atoms with van der Waals surface area (Å²) in [6, 6.07) is 20.5. The van der Waals surface area contributed by atoms with Gasteiger partial charge in [0.2, 0.25) is 5.82 Å². The summed E-state index contributed by atoms with van der Waals surface area (Å²) in [6.45, 7) is 1.93. The topological polar surface area (TPSA) is 24.1 Å². The van der Waals surface area contributed by atoms with Crippen molar-refractivity contribution in [3.63, 3.8) is 0 Å². The molecule has 0 amide bonds. The van der Waals surface area contributed by atoms with E-state index in [9.17, 15) is 22.0 Å². The van der Waals surface area contributed by atoms with Crippen LogP contribution in [0.5, 0.6) is 0 Å². The molecule has 184 valence electrons. The van der Waals surface area contributed by atoms with Gasteiger partial charge in [-0.2, -0.15) is 0 Å². The average molecular weight is 523 g/mol. The number of thiocarbonyl (C=S) groups is 1. The highest BCUT2D eigenvalue weighted by molar-refractivity contribution is 7.80. The van der Waals surface area contributed by atoms with Crippen molar-refractivity contribution >= 4 is 41.5 Å². The second-order valence-electron chi connectivity index (χ2n) is 8.54. The molecule has 1 fully saturated rings. The lowest BCUT2D eigenvalue weighted by molar-refractivity contribution is 0.382. The Morgan fingerprint density at radius 3 is 1.80 bits per heavy atom. The molecule has 0 aliphatic heterocycles. The summed E-state index contributed by atoms with van der Waals surface area (Å²) in [7, 11) is -0.684. The van der Waals surface area contributed by atoms with Crippen LogP contribution in [0, 0.1) is 35.0 Å². The lowest BCUT2D eigenvalue weighted by atomic mass is 9.99. The second-order valence-corrected chi connectivity index (χ2v) is 11.4. The predicted octanol–water partition coefficient (Wildman–Crippen LogP) is 6.36. The molecular weight excluding hydrogens is 498 g/mol. The van der Waals surface area contributed by atoms with Crippen molar-refractivity contribution in [1.29, 1.82) is 0 Å². The van der Waals surface area contributed by atoms with Gasteiger partial charge in [-0.25, -0.2) is 22.0 Å². The van der Waals surface area contributed by atoms with Crippen molar-refractivity contribution in [1.82, 2.24) is 5.32 Å². The van der Waals surface area contributed by atoms with Crippen LogP contribution < -0.4 is 21.2 Å². The van der Waals surface area contributed by atoms with Gasteiger partial charge in [0.1, 0.15) is 5.69 Å². The number of nitrogens with one attached hydrogen (secondary N) is 2. The molecule has 0 spiro atoms. The highest BCUT2D eigenvalue weighted by Gasteiger charge is 2.38. The Morgan fingerprint density at radius 1 is 0.800 bits per heavy atom. The standard InChI is InChI=1S/C26H24F5N2PS/c1-15(32-26(35)33-25-23(30)21(28)20(27)22(29)24(25)31)18-13-8-14-19(18)34(16-9-4-2-5-10-16)17-11-6-3-7-12-17/h2-7,9-12,15,18-19H,8,13-14H2,1H3,(H2,32,33,35)/t15-,18?,19?/m1/s1. The van der Waals surface area contributed by atoms with Gasteiger partial charge in [-0.1, -0.05) is 67.1 Å². The Labute approximate surface area is 207 Å². The molecule has 0 bridgehead atoms. The summed E-state index contributed by atoms with van der Waals surface area (Å²) >= 11 is 5.19. The third kappa shape index (κ3) is 5.34. The first-order chi connectivity index (χ1) is 16.8. The fourth-order valence-corrected chi connectivity index (χ4v) is 8.33. The lowest BCUT2D eigenvalue weighted by Gasteiger charge is -2.34. The van der Waals surface area contributed by atoms with Gasteiger partial charge in [0.15, 0.2) is 28.4 Å². The highest BCUT2D eigenvalue weighted by atomic mass is 32.1. The van der Waals surface area contributed by atoms with Gasteiger partial charge in [-0.05, 0) is 62.1 Å². The van der Waals surface area contributed by atoms with Crippen molar-refractivity contribution in [3.8, 4) is 0 Å². The molecular formula is C26H24F5N2PS. The molecule has 2 nitrogen and oxygen atoms in total. The molecule has 1 aliphatic carbocycles. The fourth-order valence-electron chi connectivity index (χ4n) is 4.76. The molecule has 3 aromatic carbocycles.